The van der Waals surface area contributed by atoms with Gasteiger partial charge in [0.05, 0.1) is 19.8 Å². The molecule has 12 heteroatoms. The van der Waals surface area contributed by atoms with Crippen LogP contribution in [0.15, 0.2) is 97.2 Å². The van der Waals surface area contributed by atoms with Gasteiger partial charge in [0.25, 0.3) is 0 Å². The Labute approximate surface area is 476 Å². The van der Waals surface area contributed by atoms with E-state index < -0.39 is 57.8 Å². The van der Waals surface area contributed by atoms with E-state index in [0.717, 1.165) is 109 Å². The number of aliphatic hydroxyl groups is 1. The second-order valence-electron chi connectivity index (χ2n) is 20.5. The van der Waals surface area contributed by atoms with Crippen LogP contribution in [0.3, 0.4) is 0 Å². The average Bonchev–Trinajstić information content (AvgIpc) is 3.43. The highest BCUT2D eigenvalue weighted by Crippen LogP contribution is 2.43. The number of phosphoric ester groups is 1. The number of rotatable bonds is 57. The summed E-state index contributed by atoms with van der Waals surface area (Å²) in [6, 6.07) is 0. The normalized spacial score (nSPS) is 14.0. The van der Waals surface area contributed by atoms with Crippen LogP contribution in [0.2, 0.25) is 0 Å². The summed E-state index contributed by atoms with van der Waals surface area (Å²) in [5, 5.41) is 9.84. The molecule has 3 atom stereocenters. The highest BCUT2D eigenvalue weighted by molar-refractivity contribution is 7.47. The maximum absolute atomic E-state index is 12.9. The summed E-state index contributed by atoms with van der Waals surface area (Å²) in [5.41, 5.74) is 0. The Kier molecular flexibility index (Phi) is 56.8. The molecule has 0 aliphatic carbocycles. The number of aliphatic hydroxyl groups excluding tert-OH is 1. The van der Waals surface area contributed by atoms with E-state index in [4.69, 9.17) is 23.3 Å². The maximum atomic E-state index is 12.9. The molecule has 11 nitrogen and oxygen atoms in total. The Bertz CT molecular complexity index is 1680. The van der Waals surface area contributed by atoms with Gasteiger partial charge in [0.15, 0.2) is 6.10 Å². The van der Waals surface area contributed by atoms with E-state index in [-0.39, 0.29) is 25.9 Å². The quantitative estimate of drug-likeness (QED) is 0.0197. The van der Waals surface area contributed by atoms with Crippen molar-refractivity contribution in [3.05, 3.63) is 97.2 Å². The number of unbranched alkanes of at least 4 members (excludes halogenated alkanes) is 24. The summed E-state index contributed by atoms with van der Waals surface area (Å²) in [6.45, 7) is 4.37. The molecule has 0 rings (SSSR count). The molecule has 448 valence electrons. The van der Waals surface area contributed by atoms with Crippen LogP contribution in [0.4, 0.5) is 0 Å². The van der Waals surface area contributed by atoms with Crippen LogP contribution in [0.1, 0.15) is 265 Å². The second-order valence-corrected chi connectivity index (χ2v) is 21.9. The number of carbonyl (C=O) groups is 3. The first-order valence-electron chi connectivity index (χ1n) is 31.1. The summed E-state index contributed by atoms with van der Waals surface area (Å²) in [4.78, 5) is 48.7. The summed E-state index contributed by atoms with van der Waals surface area (Å²) in [6.07, 6.45) is 70.8. The lowest BCUT2D eigenvalue weighted by Crippen LogP contribution is -2.30. The predicted molar refractivity (Wildman–Crippen MR) is 325 cm³/mol. The molecule has 0 spiro atoms. The molecule has 0 aromatic rings. The number of phosphoric acid groups is 1. The molecule has 0 saturated heterocycles. The fourth-order valence-electron chi connectivity index (χ4n) is 8.34. The summed E-state index contributed by atoms with van der Waals surface area (Å²) >= 11 is 0. The largest absolute Gasteiger partial charge is 0.472 e. The highest BCUT2D eigenvalue weighted by Gasteiger charge is 2.28. The molecule has 0 aliphatic rings. The van der Waals surface area contributed by atoms with Gasteiger partial charge >= 0.3 is 25.7 Å². The number of carbonyl (C=O) groups excluding carboxylic acids is 3. The van der Waals surface area contributed by atoms with Gasteiger partial charge in [-0.25, -0.2) is 4.57 Å². The maximum Gasteiger partial charge on any atom is 0.472 e. The fourth-order valence-corrected chi connectivity index (χ4v) is 9.12. The first-order chi connectivity index (χ1) is 38.2. The predicted octanol–water partition coefficient (Wildman–Crippen LogP) is 18.8. The monoisotopic (exact) mass is 1110 g/mol. The average molecular weight is 1110 g/mol. The molecule has 0 fully saturated rings. The molecule has 0 aromatic heterocycles. The molecule has 0 amide bonds. The minimum Gasteiger partial charge on any atom is -0.462 e. The zero-order valence-electron chi connectivity index (χ0n) is 49.6. The van der Waals surface area contributed by atoms with Crippen molar-refractivity contribution in [2.75, 3.05) is 26.4 Å². The third kappa shape index (κ3) is 57.1. The Morgan fingerprint density at radius 1 is 0.372 bits per heavy atom. The van der Waals surface area contributed by atoms with Crippen molar-refractivity contribution >= 4 is 25.7 Å². The van der Waals surface area contributed by atoms with Crippen molar-refractivity contribution in [3.63, 3.8) is 0 Å². The third-order valence-electron chi connectivity index (χ3n) is 13.0. The summed E-state index contributed by atoms with van der Waals surface area (Å²) < 4.78 is 39.6. The van der Waals surface area contributed by atoms with Gasteiger partial charge in [-0.15, -0.1) is 0 Å². The Morgan fingerprint density at radius 3 is 1.05 bits per heavy atom. The van der Waals surface area contributed by atoms with Gasteiger partial charge in [0, 0.05) is 19.3 Å². The second kappa shape index (κ2) is 59.5. The van der Waals surface area contributed by atoms with Crippen LogP contribution in [-0.2, 0) is 42.2 Å². The Hall–Kier alpha value is -3.60. The molecule has 0 bridgehead atoms. The van der Waals surface area contributed by atoms with E-state index in [1.165, 1.54) is 96.3 Å². The van der Waals surface area contributed by atoms with Crippen LogP contribution < -0.4 is 0 Å². The van der Waals surface area contributed by atoms with Gasteiger partial charge in [0.2, 0.25) is 0 Å². The first kappa shape index (κ1) is 74.4. The minimum absolute atomic E-state index is 0.143. The number of allylic oxidation sites excluding steroid dienone is 16. The Balaban J connectivity index is 4.75. The number of esters is 3. The van der Waals surface area contributed by atoms with Crippen LogP contribution in [0.25, 0.3) is 0 Å². The lowest BCUT2D eigenvalue weighted by Gasteiger charge is -2.21. The molecule has 0 heterocycles. The Morgan fingerprint density at radius 2 is 0.667 bits per heavy atom. The molecular weight excluding hydrogens is 1000 g/mol. The number of hydrogen-bond acceptors (Lipinski definition) is 10. The molecule has 78 heavy (non-hydrogen) atoms. The zero-order valence-corrected chi connectivity index (χ0v) is 50.5. The molecule has 0 saturated carbocycles. The molecule has 2 N–H and O–H groups in total. The third-order valence-corrected chi connectivity index (χ3v) is 14.0. The van der Waals surface area contributed by atoms with Crippen molar-refractivity contribution in [1.82, 2.24) is 0 Å². The van der Waals surface area contributed by atoms with Gasteiger partial charge in [0.1, 0.15) is 12.7 Å². The SMILES string of the molecule is CC/C=C\C/C=C\C/C=C\C/C=C\CCCCCCC(=O)OC(CO)COP(=O)(O)OCC(COC(=O)CCCC/C=C\C/C=C\C/C=C\C/C=C\CC)OC(=O)CCCCCCCCCCCCCCCCCCCCC. The molecular formula is C66H113O11P. The summed E-state index contributed by atoms with van der Waals surface area (Å²) in [7, 11) is -4.77. The van der Waals surface area contributed by atoms with E-state index in [9.17, 15) is 28.9 Å². The lowest BCUT2D eigenvalue weighted by molar-refractivity contribution is -0.161. The van der Waals surface area contributed by atoms with Crippen LogP contribution >= 0.6 is 7.82 Å². The van der Waals surface area contributed by atoms with Crippen molar-refractivity contribution in [1.29, 1.82) is 0 Å². The van der Waals surface area contributed by atoms with Crippen LogP contribution in [0, 0.1) is 0 Å². The van der Waals surface area contributed by atoms with Gasteiger partial charge in [-0.05, 0) is 96.3 Å². The van der Waals surface area contributed by atoms with E-state index in [0.29, 0.717) is 19.3 Å². The molecule has 3 unspecified atom stereocenters. The summed E-state index contributed by atoms with van der Waals surface area (Å²) in [5.74, 6) is -1.53. The van der Waals surface area contributed by atoms with Gasteiger partial charge in [-0.2, -0.15) is 0 Å². The molecule has 0 aliphatic heterocycles. The van der Waals surface area contributed by atoms with Gasteiger partial charge in [-0.3, -0.25) is 23.4 Å². The van der Waals surface area contributed by atoms with Crippen molar-refractivity contribution in [3.8, 4) is 0 Å². The zero-order chi connectivity index (χ0) is 56.9. The van der Waals surface area contributed by atoms with E-state index >= 15 is 0 Å². The number of ether oxygens (including phenoxy) is 3. The first-order valence-corrected chi connectivity index (χ1v) is 32.6. The fraction of sp³-hybridized carbons (Fsp3) is 0.712. The van der Waals surface area contributed by atoms with Gasteiger partial charge in [-0.1, -0.05) is 246 Å². The number of hydrogen-bond donors (Lipinski definition) is 2. The van der Waals surface area contributed by atoms with E-state index in [1.54, 1.807) is 0 Å². The van der Waals surface area contributed by atoms with Crippen molar-refractivity contribution < 1.29 is 52.2 Å². The van der Waals surface area contributed by atoms with Crippen molar-refractivity contribution in [2.24, 2.45) is 0 Å². The van der Waals surface area contributed by atoms with E-state index in [2.05, 4.69) is 118 Å². The molecule has 0 aromatic carbocycles. The van der Waals surface area contributed by atoms with Crippen LogP contribution in [-0.4, -0.2) is 66.5 Å². The van der Waals surface area contributed by atoms with Crippen molar-refractivity contribution in [2.45, 2.75) is 277 Å². The highest BCUT2D eigenvalue weighted by atomic mass is 31.2. The van der Waals surface area contributed by atoms with Gasteiger partial charge < -0.3 is 24.2 Å². The topological polar surface area (TPSA) is 155 Å². The minimum atomic E-state index is -4.77. The van der Waals surface area contributed by atoms with Crippen LogP contribution in [0.5, 0.6) is 0 Å². The molecule has 0 radical (unpaired) electrons. The standard InChI is InChI=1S/C66H113O11P/c1-4-7-10-13-16-19-22-25-28-30-31-33-36-39-42-45-48-51-54-57-66(70)77-63(59-73-64(68)55-52-49-46-43-40-37-34-27-24-21-18-15-12-9-6-3)61-75-78(71,72)74-60-62(58-67)76-65(69)56-53-50-47-44-41-38-35-32-29-26-23-20-17-14-11-8-5-2/h8-9,11-12,17-18,20-21,26-27,29,34-35,38,40,43,62-63,67H,4-7,10,13-16,19,22-25,28,30-33,36-37,39,41-42,44-61H2,1-3H3,(H,71,72)/b11-8-,12-9-,20-17-,21-18-,29-26-,34-27-,38-35-,43-40-. The van der Waals surface area contributed by atoms with E-state index in [1.807, 2.05) is 0 Å². The smallest absolute Gasteiger partial charge is 0.462 e. The lowest BCUT2D eigenvalue weighted by atomic mass is 10.0.